The summed E-state index contributed by atoms with van der Waals surface area (Å²) in [6.07, 6.45) is 1.37. The molecule has 144 valence electrons. The van der Waals surface area contributed by atoms with Gasteiger partial charge >= 0.3 is 5.97 Å². The first-order valence-electron chi connectivity index (χ1n) is 9.18. The third-order valence-electron chi connectivity index (χ3n) is 5.81. The van der Waals surface area contributed by atoms with E-state index in [9.17, 15) is 24.6 Å². The zero-order chi connectivity index (χ0) is 19.2. The molecule has 26 heavy (non-hydrogen) atoms. The quantitative estimate of drug-likeness (QED) is 0.695. The second-order valence-corrected chi connectivity index (χ2v) is 8.67. The van der Waals surface area contributed by atoms with Gasteiger partial charge in [0.25, 0.3) is 0 Å². The van der Waals surface area contributed by atoms with Crippen LogP contribution in [0.1, 0.15) is 40.0 Å². The second-order valence-electron chi connectivity index (χ2n) is 7.33. The van der Waals surface area contributed by atoms with E-state index >= 15 is 0 Å². The standard InChI is InChI=1S/C18H26N2O5S/c1-4-12(22)13-14-9(2)16(15(18(24)25)20(14)17(13)23)26-11-5-7-19(8-6-11)10(3)21/h9,11-14,22H,4-8H2,1-3H3,(H,24,25)/t9-,12-,13-,14-/m1/s1. The maximum absolute atomic E-state index is 12.5. The van der Waals surface area contributed by atoms with E-state index in [-0.39, 0.29) is 34.7 Å². The molecule has 0 saturated carbocycles. The summed E-state index contributed by atoms with van der Waals surface area (Å²) in [6, 6.07) is -0.261. The van der Waals surface area contributed by atoms with Gasteiger partial charge in [-0.1, -0.05) is 13.8 Å². The number of carbonyl (C=O) groups is 3. The van der Waals surface area contributed by atoms with E-state index in [1.54, 1.807) is 18.7 Å². The Kier molecular flexibility index (Phi) is 5.35. The minimum Gasteiger partial charge on any atom is -0.477 e. The van der Waals surface area contributed by atoms with Gasteiger partial charge in [0.05, 0.1) is 18.1 Å². The molecule has 0 unspecified atom stereocenters. The number of thioether (sulfide) groups is 1. The average Bonchev–Trinajstić information content (AvgIpc) is 2.84. The van der Waals surface area contributed by atoms with E-state index in [4.69, 9.17) is 0 Å². The normalized spacial score (nSPS) is 30.3. The van der Waals surface area contributed by atoms with Gasteiger partial charge in [-0.25, -0.2) is 4.79 Å². The second kappa shape index (κ2) is 7.23. The van der Waals surface area contributed by atoms with Gasteiger partial charge in [-0.3, -0.25) is 9.59 Å². The van der Waals surface area contributed by atoms with Crippen LogP contribution in [0.5, 0.6) is 0 Å². The maximum atomic E-state index is 12.5. The van der Waals surface area contributed by atoms with Gasteiger partial charge in [0.1, 0.15) is 5.70 Å². The van der Waals surface area contributed by atoms with Crippen molar-refractivity contribution in [3.05, 3.63) is 10.6 Å². The number of hydrogen-bond acceptors (Lipinski definition) is 5. The van der Waals surface area contributed by atoms with Crippen molar-refractivity contribution in [2.24, 2.45) is 11.8 Å². The van der Waals surface area contributed by atoms with Crippen molar-refractivity contribution in [1.29, 1.82) is 0 Å². The number of aliphatic carboxylic acids is 1. The molecule has 0 spiro atoms. The number of likely N-dealkylation sites (tertiary alicyclic amines) is 1. The maximum Gasteiger partial charge on any atom is 0.353 e. The number of fused-ring (bicyclic) bond motifs is 1. The molecule has 2 fully saturated rings. The van der Waals surface area contributed by atoms with E-state index in [1.165, 1.54) is 4.90 Å². The lowest BCUT2D eigenvalue weighted by atomic mass is 9.78. The highest BCUT2D eigenvalue weighted by molar-refractivity contribution is 8.03. The van der Waals surface area contributed by atoms with Gasteiger partial charge in [-0.15, -0.1) is 11.8 Å². The molecule has 3 aliphatic heterocycles. The van der Waals surface area contributed by atoms with Crippen molar-refractivity contribution in [3.63, 3.8) is 0 Å². The number of carboxylic acids is 1. The Hall–Kier alpha value is -1.54. The number of hydrogen-bond donors (Lipinski definition) is 2. The lowest BCUT2D eigenvalue weighted by Crippen LogP contribution is -2.64. The minimum absolute atomic E-state index is 0.0688. The zero-order valence-electron chi connectivity index (χ0n) is 15.3. The lowest BCUT2D eigenvalue weighted by molar-refractivity contribution is -0.164. The molecule has 8 heteroatoms. The summed E-state index contributed by atoms with van der Waals surface area (Å²) in [5.74, 6) is -1.90. The highest BCUT2D eigenvalue weighted by atomic mass is 32.2. The Balaban J connectivity index is 1.77. The number of β-lactam (4-membered cyclic amide) rings is 1. The van der Waals surface area contributed by atoms with Crippen LogP contribution in [-0.2, 0) is 14.4 Å². The fourth-order valence-electron chi connectivity index (χ4n) is 4.30. The SMILES string of the molecule is CC[C@@H](O)[C@H]1C(=O)N2C(C(=O)O)=C(SC3CCN(C(C)=O)CC3)[C@H](C)[C@H]12. The number of carboxylic acid groups (broad SMARTS) is 1. The van der Waals surface area contributed by atoms with Crippen LogP contribution in [0, 0.1) is 11.8 Å². The minimum atomic E-state index is -1.08. The molecule has 0 aromatic rings. The fourth-order valence-corrected chi connectivity index (χ4v) is 5.76. The fraction of sp³-hybridized carbons (Fsp3) is 0.722. The van der Waals surface area contributed by atoms with Crippen LogP contribution in [0.3, 0.4) is 0 Å². The summed E-state index contributed by atoms with van der Waals surface area (Å²) >= 11 is 1.54. The molecule has 3 aliphatic rings. The summed E-state index contributed by atoms with van der Waals surface area (Å²) in [4.78, 5) is 39.7. The Morgan fingerprint density at radius 3 is 2.42 bits per heavy atom. The number of piperidine rings is 1. The molecule has 0 aromatic heterocycles. The molecule has 0 aliphatic carbocycles. The molecule has 2 saturated heterocycles. The van der Waals surface area contributed by atoms with Crippen molar-refractivity contribution in [3.8, 4) is 0 Å². The van der Waals surface area contributed by atoms with Crippen LogP contribution in [0.4, 0.5) is 0 Å². The molecule has 3 heterocycles. The highest BCUT2D eigenvalue weighted by Gasteiger charge is 2.60. The predicted molar refractivity (Wildman–Crippen MR) is 97.1 cm³/mol. The number of carbonyl (C=O) groups excluding carboxylic acids is 2. The van der Waals surface area contributed by atoms with E-state index in [1.807, 2.05) is 18.7 Å². The predicted octanol–water partition coefficient (Wildman–Crippen LogP) is 1.27. The van der Waals surface area contributed by atoms with E-state index in [0.29, 0.717) is 19.5 Å². The van der Waals surface area contributed by atoms with Crippen LogP contribution in [-0.4, -0.2) is 68.3 Å². The smallest absolute Gasteiger partial charge is 0.353 e. The molecule has 7 nitrogen and oxygen atoms in total. The van der Waals surface area contributed by atoms with Crippen LogP contribution >= 0.6 is 11.8 Å². The summed E-state index contributed by atoms with van der Waals surface area (Å²) in [5, 5.41) is 20.1. The molecular weight excluding hydrogens is 356 g/mol. The van der Waals surface area contributed by atoms with E-state index in [2.05, 4.69) is 0 Å². The molecule has 4 atom stereocenters. The summed E-state index contributed by atoms with van der Waals surface area (Å²) in [6.45, 7) is 6.70. The van der Waals surface area contributed by atoms with Gasteiger partial charge in [0.2, 0.25) is 11.8 Å². The van der Waals surface area contributed by atoms with Gasteiger partial charge in [-0.05, 0) is 19.3 Å². The van der Waals surface area contributed by atoms with Gasteiger partial charge < -0.3 is 20.0 Å². The molecule has 0 aromatic carbocycles. The van der Waals surface area contributed by atoms with Gasteiger partial charge in [0, 0.05) is 36.1 Å². The largest absolute Gasteiger partial charge is 0.477 e. The Labute approximate surface area is 157 Å². The zero-order valence-corrected chi connectivity index (χ0v) is 16.2. The highest BCUT2D eigenvalue weighted by Crippen LogP contribution is 2.52. The van der Waals surface area contributed by atoms with Crippen molar-refractivity contribution < 1.29 is 24.6 Å². The Bertz CT molecular complexity index is 656. The summed E-state index contributed by atoms with van der Waals surface area (Å²) in [7, 11) is 0. The summed E-state index contributed by atoms with van der Waals surface area (Å²) in [5.41, 5.74) is 0.0889. The van der Waals surface area contributed by atoms with Gasteiger partial charge in [0.15, 0.2) is 0 Å². The third kappa shape index (κ3) is 3.03. The van der Waals surface area contributed by atoms with Crippen LogP contribution in [0.2, 0.25) is 0 Å². The van der Waals surface area contributed by atoms with Crippen LogP contribution in [0.15, 0.2) is 10.6 Å². The number of aliphatic hydroxyl groups is 1. The van der Waals surface area contributed by atoms with E-state index in [0.717, 1.165) is 17.7 Å². The van der Waals surface area contributed by atoms with Crippen molar-refractivity contribution >= 4 is 29.5 Å². The monoisotopic (exact) mass is 382 g/mol. The topological polar surface area (TPSA) is 98.2 Å². The molecule has 2 N–H and O–H groups in total. The third-order valence-corrected chi connectivity index (χ3v) is 7.43. The Morgan fingerprint density at radius 2 is 1.92 bits per heavy atom. The average molecular weight is 382 g/mol. The van der Waals surface area contributed by atoms with Gasteiger partial charge in [-0.2, -0.15) is 0 Å². The van der Waals surface area contributed by atoms with Crippen LogP contribution < -0.4 is 0 Å². The van der Waals surface area contributed by atoms with Crippen molar-refractivity contribution in [2.45, 2.75) is 57.4 Å². The first kappa shape index (κ1) is 19.2. The molecular formula is C18H26N2O5S. The number of nitrogens with zero attached hydrogens (tertiary/aromatic N) is 2. The van der Waals surface area contributed by atoms with E-state index < -0.39 is 18.0 Å². The summed E-state index contributed by atoms with van der Waals surface area (Å²) < 4.78 is 0. The number of aliphatic hydroxyl groups excluding tert-OH is 1. The first-order chi connectivity index (χ1) is 12.3. The van der Waals surface area contributed by atoms with Crippen LogP contribution in [0.25, 0.3) is 0 Å². The lowest BCUT2D eigenvalue weighted by Gasteiger charge is -2.46. The molecule has 2 amide bonds. The number of rotatable bonds is 5. The first-order valence-corrected chi connectivity index (χ1v) is 10.1. The van der Waals surface area contributed by atoms with Crippen molar-refractivity contribution in [1.82, 2.24) is 9.80 Å². The van der Waals surface area contributed by atoms with Crippen molar-refractivity contribution in [2.75, 3.05) is 13.1 Å². The molecule has 0 radical (unpaired) electrons. The Morgan fingerprint density at radius 1 is 1.31 bits per heavy atom. The molecule has 3 rings (SSSR count). The number of amides is 2. The molecule has 0 bridgehead atoms.